The predicted octanol–water partition coefficient (Wildman–Crippen LogP) is 1.58. The van der Waals surface area contributed by atoms with Gasteiger partial charge in [-0.05, 0) is 32.0 Å². The maximum atomic E-state index is 15.0. The van der Waals surface area contributed by atoms with E-state index in [0.717, 1.165) is 0 Å². The highest BCUT2D eigenvalue weighted by atomic mass is 19.1. The number of rotatable bonds is 4. The number of amides is 3. The molecular formula is C19H23FN4O6. The van der Waals surface area contributed by atoms with Crippen LogP contribution in [0.25, 0.3) is 0 Å². The quantitative estimate of drug-likeness (QED) is 0.709. The van der Waals surface area contributed by atoms with Gasteiger partial charge in [-0.3, -0.25) is 4.90 Å². The summed E-state index contributed by atoms with van der Waals surface area (Å²) in [7, 11) is 1.24. The summed E-state index contributed by atoms with van der Waals surface area (Å²) >= 11 is 0. The number of methoxy groups -OCH3 is 1. The highest BCUT2D eigenvalue weighted by molar-refractivity contribution is 5.90. The summed E-state index contributed by atoms with van der Waals surface area (Å²) in [6, 6.07) is 4.49. The molecule has 30 heavy (non-hydrogen) atoms. The van der Waals surface area contributed by atoms with Gasteiger partial charge in [0.1, 0.15) is 11.9 Å². The number of hydrogen-bond acceptors (Lipinski definition) is 7. The third kappa shape index (κ3) is 3.23. The molecule has 0 bridgehead atoms. The second-order valence-electron chi connectivity index (χ2n) is 8.06. The molecule has 162 valence electrons. The third-order valence-corrected chi connectivity index (χ3v) is 5.98. The van der Waals surface area contributed by atoms with Gasteiger partial charge in [-0.15, -0.1) is 0 Å². The molecule has 3 aliphatic rings. The Hall–Kier alpha value is -3.24. The lowest BCUT2D eigenvalue weighted by molar-refractivity contribution is 0.0537. The van der Waals surface area contributed by atoms with Gasteiger partial charge in [0.2, 0.25) is 0 Å². The van der Waals surface area contributed by atoms with Gasteiger partial charge in [-0.25, -0.2) is 18.8 Å². The first-order valence-electron chi connectivity index (χ1n) is 9.50. The van der Waals surface area contributed by atoms with Gasteiger partial charge in [0.05, 0.1) is 43.7 Å². The molecule has 3 atom stereocenters. The average molecular weight is 422 g/mol. The number of alkyl carbamates (subject to hydrolysis) is 2. The van der Waals surface area contributed by atoms with Crippen molar-refractivity contribution in [2.75, 3.05) is 43.1 Å². The predicted molar refractivity (Wildman–Crippen MR) is 103 cm³/mol. The van der Waals surface area contributed by atoms with Gasteiger partial charge in [-0.2, -0.15) is 0 Å². The fraction of sp³-hybridized carbons (Fsp3) is 0.526. The van der Waals surface area contributed by atoms with Crippen LogP contribution in [0.1, 0.15) is 13.8 Å². The Morgan fingerprint density at radius 3 is 2.80 bits per heavy atom. The molecule has 2 unspecified atom stereocenters. The minimum atomic E-state index is -0.770. The van der Waals surface area contributed by atoms with Crippen molar-refractivity contribution in [1.29, 1.82) is 0 Å². The van der Waals surface area contributed by atoms with Crippen LogP contribution in [0.3, 0.4) is 0 Å². The highest BCUT2D eigenvalue weighted by Crippen LogP contribution is 2.41. The molecule has 3 amide bonds. The van der Waals surface area contributed by atoms with E-state index in [2.05, 4.69) is 15.4 Å². The number of carbonyl (C=O) groups excluding carboxylic acids is 3. The first-order chi connectivity index (χ1) is 14.1. The SMILES string of the molecule is COC(=O)NC[C@H]1CN(c2ccc(N3CC4(C)NC(=O)OC4(C)C3)c(F)c2)C(=O)O1. The number of anilines is 2. The Balaban J connectivity index is 1.46. The number of ether oxygens (including phenoxy) is 3. The van der Waals surface area contributed by atoms with Crippen LogP contribution in [-0.2, 0) is 14.2 Å². The molecule has 3 saturated heterocycles. The molecule has 0 aromatic heterocycles. The Bertz CT molecular complexity index is 891. The van der Waals surface area contributed by atoms with Crippen molar-refractivity contribution in [1.82, 2.24) is 10.6 Å². The van der Waals surface area contributed by atoms with Gasteiger partial charge in [0.15, 0.2) is 5.60 Å². The Labute approximate surface area is 172 Å². The van der Waals surface area contributed by atoms with Crippen LogP contribution in [-0.4, -0.2) is 68.8 Å². The van der Waals surface area contributed by atoms with Crippen LogP contribution < -0.4 is 20.4 Å². The number of benzene rings is 1. The molecule has 0 spiro atoms. The van der Waals surface area contributed by atoms with Gasteiger partial charge in [0, 0.05) is 6.54 Å². The van der Waals surface area contributed by atoms with Gasteiger partial charge < -0.3 is 29.7 Å². The van der Waals surface area contributed by atoms with E-state index in [1.54, 1.807) is 12.1 Å². The van der Waals surface area contributed by atoms with Crippen LogP contribution in [0, 0.1) is 5.82 Å². The molecule has 3 aliphatic heterocycles. The van der Waals surface area contributed by atoms with Gasteiger partial charge in [-0.1, -0.05) is 0 Å². The third-order valence-electron chi connectivity index (χ3n) is 5.98. The van der Waals surface area contributed by atoms with E-state index in [4.69, 9.17) is 9.47 Å². The molecule has 0 radical (unpaired) electrons. The molecular weight excluding hydrogens is 399 g/mol. The Morgan fingerprint density at radius 2 is 2.13 bits per heavy atom. The van der Waals surface area contributed by atoms with E-state index in [1.807, 2.05) is 18.7 Å². The molecule has 3 heterocycles. The number of nitrogens with zero attached hydrogens (tertiary/aromatic N) is 2. The minimum absolute atomic E-state index is 0.0894. The van der Waals surface area contributed by atoms with Crippen LogP contribution >= 0.6 is 0 Å². The molecule has 4 rings (SSSR count). The summed E-state index contributed by atoms with van der Waals surface area (Å²) in [5.74, 6) is -0.505. The largest absolute Gasteiger partial charge is 0.453 e. The fourth-order valence-electron chi connectivity index (χ4n) is 4.11. The van der Waals surface area contributed by atoms with Crippen molar-refractivity contribution in [3.8, 4) is 0 Å². The van der Waals surface area contributed by atoms with E-state index >= 15 is 0 Å². The molecule has 1 aromatic rings. The summed E-state index contributed by atoms with van der Waals surface area (Å²) in [5.41, 5.74) is -0.699. The normalized spacial score (nSPS) is 29.9. The lowest BCUT2D eigenvalue weighted by Crippen LogP contribution is -2.52. The maximum absolute atomic E-state index is 15.0. The zero-order valence-electron chi connectivity index (χ0n) is 16.9. The highest BCUT2D eigenvalue weighted by Gasteiger charge is 2.60. The standard InChI is InChI=1S/C19H23FN4O6/c1-18-9-23(10-19(18,2)30-16(26)22-18)14-5-4-11(6-13(14)20)24-8-12(29-17(24)27)7-21-15(25)28-3/h4-6,12H,7-10H2,1-3H3,(H,21,25)(H,22,26)/t12-,18?,19?/m0/s1. The number of fused-ring (bicyclic) bond motifs is 1. The zero-order chi connectivity index (χ0) is 21.7. The second kappa shape index (κ2) is 6.92. The maximum Gasteiger partial charge on any atom is 0.414 e. The summed E-state index contributed by atoms with van der Waals surface area (Å²) in [6.45, 7) is 4.67. The summed E-state index contributed by atoms with van der Waals surface area (Å²) in [6.07, 6.45) is -2.29. The van der Waals surface area contributed by atoms with Crippen molar-refractivity contribution < 1.29 is 33.0 Å². The number of cyclic esters (lactones) is 1. The summed E-state index contributed by atoms with van der Waals surface area (Å²) in [5, 5.41) is 5.28. The summed E-state index contributed by atoms with van der Waals surface area (Å²) < 4.78 is 30.1. The first kappa shape index (κ1) is 20.0. The van der Waals surface area contributed by atoms with E-state index in [0.29, 0.717) is 24.5 Å². The van der Waals surface area contributed by atoms with Crippen molar-refractivity contribution in [3.63, 3.8) is 0 Å². The van der Waals surface area contributed by atoms with Crippen molar-refractivity contribution >= 4 is 29.7 Å². The minimum Gasteiger partial charge on any atom is -0.453 e. The van der Waals surface area contributed by atoms with Crippen LogP contribution in [0.2, 0.25) is 0 Å². The topological polar surface area (TPSA) is 109 Å². The van der Waals surface area contributed by atoms with Gasteiger partial charge in [0.25, 0.3) is 0 Å². The Morgan fingerprint density at radius 1 is 1.37 bits per heavy atom. The van der Waals surface area contributed by atoms with E-state index < -0.39 is 41.3 Å². The molecule has 3 fully saturated rings. The van der Waals surface area contributed by atoms with Crippen LogP contribution in [0.5, 0.6) is 0 Å². The first-order valence-corrected chi connectivity index (χ1v) is 9.50. The molecule has 0 saturated carbocycles. The second-order valence-corrected chi connectivity index (χ2v) is 8.06. The van der Waals surface area contributed by atoms with E-state index in [1.165, 1.54) is 18.1 Å². The average Bonchev–Trinajstić information content (AvgIpc) is 3.23. The van der Waals surface area contributed by atoms with Crippen LogP contribution in [0.4, 0.5) is 30.1 Å². The van der Waals surface area contributed by atoms with Gasteiger partial charge >= 0.3 is 18.3 Å². The lowest BCUT2D eigenvalue weighted by Gasteiger charge is -2.27. The molecule has 2 N–H and O–H groups in total. The number of halogens is 1. The van der Waals surface area contributed by atoms with Crippen molar-refractivity contribution in [3.05, 3.63) is 24.0 Å². The van der Waals surface area contributed by atoms with Crippen molar-refractivity contribution in [2.24, 2.45) is 0 Å². The molecule has 0 aliphatic carbocycles. The zero-order valence-corrected chi connectivity index (χ0v) is 16.9. The Kier molecular flexibility index (Phi) is 4.63. The van der Waals surface area contributed by atoms with Crippen molar-refractivity contribution in [2.45, 2.75) is 31.1 Å². The monoisotopic (exact) mass is 422 g/mol. The number of hydrogen-bond donors (Lipinski definition) is 2. The van der Waals surface area contributed by atoms with E-state index in [9.17, 15) is 18.8 Å². The number of nitrogens with one attached hydrogen (secondary N) is 2. The lowest BCUT2D eigenvalue weighted by atomic mass is 9.87. The molecule has 11 heteroatoms. The number of carbonyl (C=O) groups is 3. The summed E-state index contributed by atoms with van der Waals surface area (Å²) in [4.78, 5) is 38.1. The van der Waals surface area contributed by atoms with Crippen LogP contribution in [0.15, 0.2) is 18.2 Å². The fourth-order valence-corrected chi connectivity index (χ4v) is 4.11. The molecule has 10 nitrogen and oxygen atoms in total. The molecule has 1 aromatic carbocycles. The van der Waals surface area contributed by atoms with E-state index in [-0.39, 0.29) is 13.1 Å². The smallest absolute Gasteiger partial charge is 0.414 e.